The molecule has 1 fully saturated rings. The Kier molecular flexibility index (Phi) is 3.75. The SMILES string of the molecule is Cc1cc(NC(=O)CCN2CCC(N)C2)no1. The number of rotatable bonds is 4. The molecule has 1 saturated heterocycles. The summed E-state index contributed by atoms with van der Waals surface area (Å²) in [6.45, 7) is 4.40. The zero-order valence-electron chi connectivity index (χ0n) is 9.98. The summed E-state index contributed by atoms with van der Waals surface area (Å²) in [5.74, 6) is 1.12. The van der Waals surface area contributed by atoms with Crippen molar-refractivity contribution in [2.24, 2.45) is 5.73 Å². The number of nitrogens with one attached hydrogen (secondary N) is 1. The molecule has 6 nitrogen and oxygen atoms in total. The van der Waals surface area contributed by atoms with Crippen molar-refractivity contribution in [3.63, 3.8) is 0 Å². The van der Waals surface area contributed by atoms with Gasteiger partial charge in [0.25, 0.3) is 0 Å². The molecule has 1 amide bonds. The highest BCUT2D eigenvalue weighted by molar-refractivity contribution is 5.89. The molecule has 0 aromatic carbocycles. The highest BCUT2D eigenvalue weighted by Crippen LogP contribution is 2.09. The maximum atomic E-state index is 11.6. The first-order chi connectivity index (χ1) is 8.13. The molecule has 1 aliphatic heterocycles. The van der Waals surface area contributed by atoms with Crippen molar-refractivity contribution in [3.05, 3.63) is 11.8 Å². The third-order valence-corrected chi connectivity index (χ3v) is 2.86. The summed E-state index contributed by atoms with van der Waals surface area (Å²) in [4.78, 5) is 13.8. The smallest absolute Gasteiger partial charge is 0.226 e. The second-order valence-electron chi connectivity index (χ2n) is 4.47. The summed E-state index contributed by atoms with van der Waals surface area (Å²) >= 11 is 0. The molecular formula is C11H18N4O2. The zero-order chi connectivity index (χ0) is 12.3. The molecule has 1 unspecified atom stereocenters. The number of likely N-dealkylation sites (tertiary alicyclic amines) is 1. The van der Waals surface area contributed by atoms with Gasteiger partial charge in [0.1, 0.15) is 5.76 Å². The van der Waals surface area contributed by atoms with Crippen molar-refractivity contribution >= 4 is 11.7 Å². The number of hydrogen-bond acceptors (Lipinski definition) is 5. The Hall–Kier alpha value is -1.40. The molecule has 0 saturated carbocycles. The van der Waals surface area contributed by atoms with Crippen molar-refractivity contribution in [2.75, 3.05) is 25.0 Å². The van der Waals surface area contributed by atoms with E-state index in [1.165, 1.54) is 0 Å². The lowest BCUT2D eigenvalue weighted by Crippen LogP contribution is -2.29. The lowest BCUT2D eigenvalue weighted by Gasteiger charge is -2.13. The third-order valence-electron chi connectivity index (χ3n) is 2.86. The molecule has 0 spiro atoms. The molecule has 1 atom stereocenters. The van der Waals surface area contributed by atoms with E-state index >= 15 is 0 Å². The number of nitrogens with zero attached hydrogens (tertiary/aromatic N) is 2. The van der Waals surface area contributed by atoms with E-state index in [9.17, 15) is 4.79 Å². The van der Waals surface area contributed by atoms with Crippen LogP contribution in [-0.2, 0) is 4.79 Å². The Bertz CT molecular complexity index is 391. The number of nitrogens with two attached hydrogens (primary N) is 1. The van der Waals surface area contributed by atoms with Crippen molar-refractivity contribution in [1.29, 1.82) is 0 Å². The zero-order valence-corrected chi connectivity index (χ0v) is 9.98. The quantitative estimate of drug-likeness (QED) is 0.790. The standard InChI is InChI=1S/C11H18N4O2/c1-8-6-10(14-17-8)13-11(16)3-5-15-4-2-9(12)7-15/h6,9H,2-5,7,12H2,1H3,(H,13,14,16). The average molecular weight is 238 g/mol. The first kappa shape index (κ1) is 12.1. The van der Waals surface area contributed by atoms with Gasteiger partial charge in [-0.15, -0.1) is 0 Å². The van der Waals surface area contributed by atoms with Crippen LogP contribution in [0.1, 0.15) is 18.6 Å². The van der Waals surface area contributed by atoms with Gasteiger partial charge in [-0.1, -0.05) is 5.16 Å². The molecule has 1 aliphatic rings. The molecular weight excluding hydrogens is 220 g/mol. The number of aryl methyl sites for hydroxylation is 1. The highest BCUT2D eigenvalue weighted by atomic mass is 16.5. The van der Waals surface area contributed by atoms with Gasteiger partial charge in [-0.2, -0.15) is 0 Å². The second kappa shape index (κ2) is 5.29. The Labute approximate surface area is 100 Å². The molecule has 1 aromatic heterocycles. The van der Waals surface area contributed by atoms with Gasteiger partial charge in [0.15, 0.2) is 5.82 Å². The minimum atomic E-state index is -0.0428. The Morgan fingerprint density at radius 1 is 1.76 bits per heavy atom. The number of hydrogen-bond donors (Lipinski definition) is 2. The van der Waals surface area contributed by atoms with Gasteiger partial charge >= 0.3 is 0 Å². The van der Waals surface area contributed by atoms with E-state index in [0.717, 1.165) is 26.1 Å². The van der Waals surface area contributed by atoms with Crippen LogP contribution in [0.3, 0.4) is 0 Å². The Balaban J connectivity index is 1.71. The largest absolute Gasteiger partial charge is 0.360 e. The van der Waals surface area contributed by atoms with Crippen LogP contribution in [0.15, 0.2) is 10.6 Å². The Morgan fingerprint density at radius 3 is 3.18 bits per heavy atom. The molecule has 3 N–H and O–H groups in total. The second-order valence-corrected chi connectivity index (χ2v) is 4.47. The van der Waals surface area contributed by atoms with E-state index < -0.39 is 0 Å². The van der Waals surface area contributed by atoms with E-state index in [1.54, 1.807) is 13.0 Å². The van der Waals surface area contributed by atoms with Crippen LogP contribution in [-0.4, -0.2) is 41.6 Å². The molecule has 2 rings (SSSR count). The lowest BCUT2D eigenvalue weighted by atomic mass is 10.3. The van der Waals surface area contributed by atoms with Gasteiger partial charge in [-0.3, -0.25) is 4.79 Å². The first-order valence-electron chi connectivity index (χ1n) is 5.84. The van der Waals surface area contributed by atoms with E-state index in [1.807, 2.05) is 0 Å². The molecule has 0 radical (unpaired) electrons. The van der Waals surface area contributed by atoms with Crippen LogP contribution < -0.4 is 11.1 Å². The summed E-state index contributed by atoms with van der Waals surface area (Å²) in [7, 11) is 0. The number of aromatic nitrogens is 1. The van der Waals surface area contributed by atoms with Crippen LogP contribution >= 0.6 is 0 Å². The van der Waals surface area contributed by atoms with Crippen LogP contribution in [0.5, 0.6) is 0 Å². The molecule has 94 valence electrons. The van der Waals surface area contributed by atoms with Crippen molar-refractivity contribution in [3.8, 4) is 0 Å². The fraction of sp³-hybridized carbons (Fsp3) is 0.636. The van der Waals surface area contributed by atoms with E-state index in [0.29, 0.717) is 18.0 Å². The molecule has 0 bridgehead atoms. The van der Waals surface area contributed by atoms with Crippen LogP contribution in [0.2, 0.25) is 0 Å². The van der Waals surface area contributed by atoms with Gasteiger partial charge in [0.2, 0.25) is 5.91 Å². The summed E-state index contributed by atoms with van der Waals surface area (Å²) in [6, 6.07) is 1.96. The van der Waals surface area contributed by atoms with E-state index in [2.05, 4.69) is 15.4 Å². The predicted octanol–water partition coefficient (Wildman–Crippen LogP) is 0.345. The fourth-order valence-electron chi connectivity index (χ4n) is 1.96. The highest BCUT2D eigenvalue weighted by Gasteiger charge is 2.19. The van der Waals surface area contributed by atoms with Gasteiger partial charge in [0, 0.05) is 31.6 Å². The van der Waals surface area contributed by atoms with Crippen molar-refractivity contribution in [1.82, 2.24) is 10.1 Å². The number of carbonyl (C=O) groups excluding carboxylic acids is 1. The van der Waals surface area contributed by atoms with Crippen molar-refractivity contribution < 1.29 is 9.32 Å². The van der Waals surface area contributed by atoms with Crippen molar-refractivity contribution in [2.45, 2.75) is 25.8 Å². The maximum Gasteiger partial charge on any atom is 0.226 e. The normalized spacial score (nSPS) is 20.7. The van der Waals surface area contributed by atoms with Gasteiger partial charge in [-0.05, 0) is 19.9 Å². The Morgan fingerprint density at radius 2 is 2.59 bits per heavy atom. The summed E-state index contributed by atoms with van der Waals surface area (Å²) in [5.41, 5.74) is 5.79. The maximum absolute atomic E-state index is 11.6. The fourth-order valence-corrected chi connectivity index (χ4v) is 1.96. The van der Waals surface area contributed by atoms with Crippen LogP contribution in [0.25, 0.3) is 0 Å². The van der Waals surface area contributed by atoms with Gasteiger partial charge in [0.05, 0.1) is 0 Å². The van der Waals surface area contributed by atoms with Gasteiger partial charge in [-0.25, -0.2) is 0 Å². The molecule has 1 aromatic rings. The summed E-state index contributed by atoms with van der Waals surface area (Å²) in [6.07, 6.45) is 1.47. The minimum absolute atomic E-state index is 0.0428. The number of anilines is 1. The van der Waals surface area contributed by atoms with E-state index in [-0.39, 0.29) is 11.9 Å². The third kappa shape index (κ3) is 3.54. The lowest BCUT2D eigenvalue weighted by molar-refractivity contribution is -0.116. The minimum Gasteiger partial charge on any atom is -0.360 e. The molecule has 0 aliphatic carbocycles. The van der Waals surface area contributed by atoms with E-state index in [4.69, 9.17) is 10.3 Å². The first-order valence-corrected chi connectivity index (χ1v) is 5.84. The van der Waals surface area contributed by atoms with Crippen LogP contribution in [0.4, 0.5) is 5.82 Å². The number of carbonyl (C=O) groups is 1. The van der Waals surface area contributed by atoms with Gasteiger partial charge < -0.3 is 20.5 Å². The average Bonchev–Trinajstić information content (AvgIpc) is 2.85. The molecule has 2 heterocycles. The number of amides is 1. The monoisotopic (exact) mass is 238 g/mol. The molecule has 6 heteroatoms. The summed E-state index contributed by atoms with van der Waals surface area (Å²) < 4.78 is 4.87. The summed E-state index contributed by atoms with van der Waals surface area (Å²) in [5, 5.41) is 6.40. The predicted molar refractivity (Wildman–Crippen MR) is 63.5 cm³/mol. The van der Waals surface area contributed by atoms with Crippen LogP contribution in [0, 0.1) is 6.92 Å². The topological polar surface area (TPSA) is 84.4 Å². The molecule has 17 heavy (non-hydrogen) atoms.